The molecule has 1 amide bonds. The highest BCUT2D eigenvalue weighted by Crippen LogP contribution is 2.39. The molecule has 1 aromatic carbocycles. The van der Waals surface area contributed by atoms with Gasteiger partial charge < -0.3 is 10.4 Å². The highest BCUT2D eigenvalue weighted by molar-refractivity contribution is 5.94. The van der Waals surface area contributed by atoms with Crippen molar-refractivity contribution in [3.63, 3.8) is 0 Å². The smallest absolute Gasteiger partial charge is 0.251 e. The van der Waals surface area contributed by atoms with Gasteiger partial charge in [0.2, 0.25) is 0 Å². The second kappa shape index (κ2) is 6.18. The Morgan fingerprint density at radius 1 is 1.14 bits per heavy atom. The minimum absolute atomic E-state index is 0.101. The van der Waals surface area contributed by atoms with Gasteiger partial charge in [0.1, 0.15) is 0 Å². The van der Waals surface area contributed by atoms with Gasteiger partial charge in [-0.2, -0.15) is 0 Å². The Balaban J connectivity index is 1.88. The van der Waals surface area contributed by atoms with Crippen LogP contribution in [0.4, 0.5) is 0 Å². The molecule has 0 spiro atoms. The fourth-order valence-electron chi connectivity index (χ4n) is 2.81. The van der Waals surface area contributed by atoms with Crippen molar-refractivity contribution in [2.24, 2.45) is 5.41 Å². The molecule has 1 aliphatic carbocycles. The number of hydrogen-bond acceptors (Lipinski definition) is 2. The first kappa shape index (κ1) is 16.0. The van der Waals surface area contributed by atoms with E-state index in [4.69, 9.17) is 0 Å². The Morgan fingerprint density at radius 3 is 2.24 bits per heavy atom. The summed E-state index contributed by atoms with van der Waals surface area (Å²) in [4.78, 5) is 12.1. The molecule has 0 aromatic heterocycles. The number of carbonyl (C=O) groups is 1. The molecule has 1 fully saturated rings. The molecule has 3 nitrogen and oxygen atoms in total. The van der Waals surface area contributed by atoms with Crippen molar-refractivity contribution in [2.45, 2.75) is 58.5 Å². The average Bonchev–Trinajstić information content (AvgIpc) is 2.49. The molecule has 21 heavy (non-hydrogen) atoms. The van der Waals surface area contributed by atoms with Crippen molar-refractivity contribution in [1.82, 2.24) is 5.32 Å². The Morgan fingerprint density at radius 2 is 1.71 bits per heavy atom. The predicted octanol–water partition coefficient (Wildman–Crippen LogP) is 3.31. The largest absolute Gasteiger partial charge is 0.388 e. The van der Waals surface area contributed by atoms with Crippen LogP contribution in [0, 0.1) is 5.41 Å². The lowest BCUT2D eigenvalue weighted by Gasteiger charge is -2.40. The van der Waals surface area contributed by atoms with Crippen LogP contribution in [-0.2, 0) is 6.42 Å². The van der Waals surface area contributed by atoms with Gasteiger partial charge in [-0.3, -0.25) is 4.79 Å². The predicted molar refractivity (Wildman–Crippen MR) is 85.4 cm³/mol. The molecule has 2 rings (SSSR count). The number of hydrogen-bond donors (Lipinski definition) is 2. The number of amides is 1. The third kappa shape index (κ3) is 4.31. The molecule has 0 bridgehead atoms. The molecule has 0 saturated heterocycles. The van der Waals surface area contributed by atoms with Crippen LogP contribution in [0.15, 0.2) is 24.3 Å². The van der Waals surface area contributed by atoms with Gasteiger partial charge in [-0.1, -0.05) is 32.9 Å². The summed E-state index contributed by atoms with van der Waals surface area (Å²) in [5.41, 5.74) is 1.45. The number of carbonyl (C=O) groups excluding carboxylic acids is 1. The van der Waals surface area contributed by atoms with Gasteiger partial charge in [0.05, 0.1) is 5.60 Å². The lowest BCUT2D eigenvalue weighted by molar-refractivity contribution is -0.0233. The summed E-state index contributed by atoms with van der Waals surface area (Å²) in [7, 11) is 0. The number of aryl methyl sites for hydroxylation is 1. The highest BCUT2D eigenvalue weighted by atomic mass is 16.3. The lowest BCUT2D eigenvalue weighted by Crippen LogP contribution is -2.46. The molecule has 116 valence electrons. The molecule has 0 unspecified atom stereocenters. The summed E-state index contributed by atoms with van der Waals surface area (Å²) in [6.45, 7) is 6.91. The van der Waals surface area contributed by atoms with E-state index >= 15 is 0 Å². The number of benzene rings is 1. The molecule has 3 heteroatoms. The molecule has 1 aliphatic rings. The van der Waals surface area contributed by atoms with Crippen molar-refractivity contribution in [2.75, 3.05) is 6.54 Å². The van der Waals surface area contributed by atoms with E-state index in [1.807, 2.05) is 24.3 Å². The Kier molecular flexibility index (Phi) is 4.72. The van der Waals surface area contributed by atoms with Gasteiger partial charge >= 0.3 is 0 Å². The molecule has 1 saturated carbocycles. The van der Waals surface area contributed by atoms with Crippen LogP contribution in [-0.4, -0.2) is 23.2 Å². The summed E-state index contributed by atoms with van der Waals surface area (Å²) in [6.07, 6.45) is 4.50. The van der Waals surface area contributed by atoms with Crippen LogP contribution in [0.3, 0.4) is 0 Å². The summed E-state index contributed by atoms with van der Waals surface area (Å²) in [6, 6.07) is 7.66. The van der Waals surface area contributed by atoms with Crippen LogP contribution < -0.4 is 5.32 Å². The fourth-order valence-corrected chi connectivity index (χ4v) is 2.81. The zero-order valence-corrected chi connectivity index (χ0v) is 13.4. The molecule has 0 atom stereocenters. The number of aliphatic hydroxyl groups is 1. The summed E-state index contributed by atoms with van der Waals surface area (Å²) in [5.74, 6) is -0.101. The van der Waals surface area contributed by atoms with Crippen molar-refractivity contribution in [1.29, 1.82) is 0 Å². The van der Waals surface area contributed by atoms with Crippen LogP contribution in [0.2, 0.25) is 0 Å². The molecule has 1 aromatic rings. The first-order chi connectivity index (χ1) is 9.84. The standard InChI is InChI=1S/C18H27NO2/c1-4-14-5-7-15(8-6-14)16(20)19-13-18(21)11-9-17(2,3)10-12-18/h5-8,21H,4,9-13H2,1-3H3,(H,19,20). The maximum absolute atomic E-state index is 12.1. The molecule has 0 aliphatic heterocycles. The van der Waals surface area contributed by atoms with Gasteiger partial charge in [0, 0.05) is 12.1 Å². The van der Waals surface area contributed by atoms with Gasteiger partial charge in [0.25, 0.3) is 5.91 Å². The van der Waals surface area contributed by atoms with Crippen molar-refractivity contribution < 1.29 is 9.90 Å². The second-order valence-corrected chi connectivity index (χ2v) is 7.12. The Hall–Kier alpha value is -1.35. The van der Waals surface area contributed by atoms with E-state index in [0.717, 1.165) is 32.1 Å². The average molecular weight is 289 g/mol. The van der Waals surface area contributed by atoms with E-state index in [9.17, 15) is 9.90 Å². The molecule has 2 N–H and O–H groups in total. The first-order valence-electron chi connectivity index (χ1n) is 7.93. The third-order valence-electron chi connectivity index (χ3n) is 4.74. The van der Waals surface area contributed by atoms with E-state index < -0.39 is 5.60 Å². The third-order valence-corrected chi connectivity index (χ3v) is 4.74. The molecule has 0 radical (unpaired) electrons. The highest BCUT2D eigenvalue weighted by Gasteiger charge is 2.36. The minimum Gasteiger partial charge on any atom is -0.388 e. The van der Waals surface area contributed by atoms with E-state index in [1.54, 1.807) is 0 Å². The normalized spacial score (nSPS) is 20.0. The van der Waals surface area contributed by atoms with E-state index in [-0.39, 0.29) is 5.91 Å². The molecule has 0 heterocycles. The van der Waals surface area contributed by atoms with Gasteiger partial charge in [0.15, 0.2) is 0 Å². The van der Waals surface area contributed by atoms with Crippen LogP contribution >= 0.6 is 0 Å². The quantitative estimate of drug-likeness (QED) is 0.893. The SMILES string of the molecule is CCc1ccc(C(=O)NCC2(O)CCC(C)(C)CC2)cc1. The maximum Gasteiger partial charge on any atom is 0.251 e. The number of nitrogens with one attached hydrogen (secondary N) is 1. The van der Waals surface area contributed by atoms with Crippen molar-refractivity contribution in [3.05, 3.63) is 35.4 Å². The minimum atomic E-state index is -0.742. The van der Waals surface area contributed by atoms with E-state index in [2.05, 4.69) is 26.1 Å². The summed E-state index contributed by atoms with van der Waals surface area (Å²) < 4.78 is 0. The summed E-state index contributed by atoms with van der Waals surface area (Å²) in [5, 5.41) is 13.5. The topological polar surface area (TPSA) is 49.3 Å². The second-order valence-electron chi connectivity index (χ2n) is 7.12. The Bertz CT molecular complexity index is 480. The lowest BCUT2D eigenvalue weighted by atomic mass is 9.71. The Labute approximate surface area is 127 Å². The molecular formula is C18H27NO2. The summed E-state index contributed by atoms with van der Waals surface area (Å²) >= 11 is 0. The van der Waals surface area contributed by atoms with Crippen molar-refractivity contribution in [3.8, 4) is 0 Å². The van der Waals surface area contributed by atoms with Gasteiger partial charge in [-0.05, 0) is 55.2 Å². The number of rotatable bonds is 4. The zero-order chi connectivity index (χ0) is 15.5. The van der Waals surface area contributed by atoms with Crippen LogP contribution in [0.25, 0.3) is 0 Å². The monoisotopic (exact) mass is 289 g/mol. The zero-order valence-electron chi connectivity index (χ0n) is 13.4. The molecular weight excluding hydrogens is 262 g/mol. The fraction of sp³-hybridized carbons (Fsp3) is 0.611. The van der Waals surface area contributed by atoms with E-state index in [0.29, 0.717) is 17.5 Å². The van der Waals surface area contributed by atoms with Crippen molar-refractivity contribution >= 4 is 5.91 Å². The van der Waals surface area contributed by atoms with E-state index in [1.165, 1.54) is 5.56 Å². The van der Waals surface area contributed by atoms with Crippen LogP contribution in [0.1, 0.15) is 62.4 Å². The van der Waals surface area contributed by atoms with Gasteiger partial charge in [-0.25, -0.2) is 0 Å². The maximum atomic E-state index is 12.1. The van der Waals surface area contributed by atoms with Crippen LogP contribution in [0.5, 0.6) is 0 Å². The van der Waals surface area contributed by atoms with Gasteiger partial charge in [-0.15, -0.1) is 0 Å². The first-order valence-corrected chi connectivity index (χ1v) is 7.93.